The first-order valence-corrected chi connectivity index (χ1v) is 4.58. The molecule has 1 unspecified atom stereocenters. The molecule has 1 aromatic rings. The molecule has 0 aromatic carbocycles. The van der Waals surface area contributed by atoms with Crippen LogP contribution in [0.15, 0.2) is 17.5 Å². The second-order valence-corrected chi connectivity index (χ2v) is 3.74. The Hall–Kier alpha value is -0.540. The number of anilines is 1. The maximum atomic E-state index is 5.66. The molecule has 0 fully saturated rings. The van der Waals surface area contributed by atoms with Gasteiger partial charge in [0.2, 0.25) is 0 Å². The molecule has 0 radical (unpaired) electrons. The third-order valence-electron chi connectivity index (χ3n) is 1.44. The first-order valence-electron chi connectivity index (χ1n) is 3.70. The fraction of sp³-hybridized carbons (Fsp3) is 0.500. The highest BCUT2D eigenvalue weighted by Gasteiger charge is 2.02. The fourth-order valence-electron chi connectivity index (χ4n) is 1.01. The van der Waals surface area contributed by atoms with Crippen molar-refractivity contribution >= 4 is 16.3 Å². The molecular formula is C8H14N2S. The average Bonchev–Trinajstić information content (AvgIpc) is 2.35. The van der Waals surface area contributed by atoms with Crippen molar-refractivity contribution in [3.05, 3.63) is 17.5 Å². The van der Waals surface area contributed by atoms with Crippen molar-refractivity contribution in [2.75, 3.05) is 18.5 Å². The predicted octanol–water partition coefficient (Wildman–Crippen LogP) is 1.53. The largest absolute Gasteiger partial charge is 0.365 e. The zero-order valence-electron chi connectivity index (χ0n) is 6.95. The zero-order valence-corrected chi connectivity index (χ0v) is 7.77. The lowest BCUT2D eigenvalue weighted by atomic mass is 10.3. The highest BCUT2D eigenvalue weighted by molar-refractivity contribution is 7.14. The number of rotatable bonds is 3. The van der Waals surface area contributed by atoms with Gasteiger partial charge in [0.05, 0.1) is 5.00 Å². The monoisotopic (exact) mass is 170 g/mol. The lowest BCUT2D eigenvalue weighted by Gasteiger charge is -2.18. The summed E-state index contributed by atoms with van der Waals surface area (Å²) in [7, 11) is 2.06. The topological polar surface area (TPSA) is 29.3 Å². The van der Waals surface area contributed by atoms with Crippen LogP contribution in [0.4, 0.5) is 5.00 Å². The smallest absolute Gasteiger partial charge is 0.0906 e. The second-order valence-electron chi connectivity index (χ2n) is 2.81. The maximum Gasteiger partial charge on any atom is 0.0906 e. The molecule has 1 atom stereocenters. The number of thiophene rings is 1. The van der Waals surface area contributed by atoms with Crippen molar-refractivity contribution in [2.45, 2.75) is 13.0 Å². The Morgan fingerprint density at radius 2 is 2.45 bits per heavy atom. The highest BCUT2D eigenvalue weighted by Crippen LogP contribution is 2.19. The fourth-order valence-corrected chi connectivity index (χ4v) is 1.72. The van der Waals surface area contributed by atoms with Crippen LogP contribution in [0.3, 0.4) is 0 Å². The Labute approximate surface area is 71.6 Å². The van der Waals surface area contributed by atoms with Crippen molar-refractivity contribution in [2.24, 2.45) is 5.73 Å². The number of hydrogen-bond donors (Lipinski definition) is 1. The standard InChI is InChI=1S/C8H14N2S/c1-7(9)6-10(2)8-4-3-5-11-8/h3-5,7H,6,9H2,1-2H3. The molecule has 0 aliphatic heterocycles. The molecule has 0 spiro atoms. The number of nitrogens with two attached hydrogens (primary N) is 1. The molecule has 0 aliphatic carbocycles. The summed E-state index contributed by atoms with van der Waals surface area (Å²) in [5.41, 5.74) is 5.66. The molecule has 2 N–H and O–H groups in total. The minimum atomic E-state index is 0.238. The molecule has 0 aliphatic rings. The van der Waals surface area contributed by atoms with E-state index in [2.05, 4.69) is 29.5 Å². The SMILES string of the molecule is CC(N)CN(C)c1cccs1. The summed E-state index contributed by atoms with van der Waals surface area (Å²) in [6.07, 6.45) is 0. The molecule has 1 rings (SSSR count). The van der Waals surface area contributed by atoms with Crippen LogP contribution in [0.2, 0.25) is 0 Å². The van der Waals surface area contributed by atoms with E-state index in [1.807, 2.05) is 6.92 Å². The Morgan fingerprint density at radius 1 is 1.73 bits per heavy atom. The van der Waals surface area contributed by atoms with Crippen LogP contribution in [-0.4, -0.2) is 19.6 Å². The molecule has 11 heavy (non-hydrogen) atoms. The molecule has 2 nitrogen and oxygen atoms in total. The van der Waals surface area contributed by atoms with Crippen LogP contribution in [0, 0.1) is 0 Å². The van der Waals surface area contributed by atoms with Gasteiger partial charge in [-0.2, -0.15) is 0 Å². The van der Waals surface area contributed by atoms with Crippen LogP contribution in [0.1, 0.15) is 6.92 Å². The maximum absolute atomic E-state index is 5.66. The molecule has 1 aromatic heterocycles. The van der Waals surface area contributed by atoms with Gasteiger partial charge < -0.3 is 10.6 Å². The Morgan fingerprint density at radius 3 is 2.91 bits per heavy atom. The van der Waals surface area contributed by atoms with Gasteiger partial charge in [-0.1, -0.05) is 0 Å². The summed E-state index contributed by atoms with van der Waals surface area (Å²) in [5, 5.41) is 3.36. The zero-order chi connectivity index (χ0) is 8.27. The van der Waals surface area contributed by atoms with Gasteiger partial charge in [-0.05, 0) is 24.4 Å². The molecule has 1 heterocycles. The molecule has 0 amide bonds. The van der Waals surface area contributed by atoms with E-state index in [1.54, 1.807) is 11.3 Å². The van der Waals surface area contributed by atoms with Gasteiger partial charge in [0.1, 0.15) is 0 Å². The van der Waals surface area contributed by atoms with E-state index in [-0.39, 0.29) is 6.04 Å². The minimum Gasteiger partial charge on any atom is -0.365 e. The number of nitrogens with zero attached hydrogens (tertiary/aromatic N) is 1. The first kappa shape index (κ1) is 8.56. The summed E-state index contributed by atoms with van der Waals surface area (Å²) >= 11 is 1.74. The van der Waals surface area contributed by atoms with Gasteiger partial charge in [-0.25, -0.2) is 0 Å². The van der Waals surface area contributed by atoms with E-state index < -0.39 is 0 Å². The lowest BCUT2D eigenvalue weighted by Crippen LogP contribution is -2.32. The van der Waals surface area contributed by atoms with E-state index in [9.17, 15) is 0 Å². The van der Waals surface area contributed by atoms with Gasteiger partial charge in [0, 0.05) is 19.6 Å². The first-order chi connectivity index (χ1) is 5.20. The van der Waals surface area contributed by atoms with Crippen LogP contribution in [-0.2, 0) is 0 Å². The minimum absolute atomic E-state index is 0.238. The quantitative estimate of drug-likeness (QED) is 0.745. The van der Waals surface area contributed by atoms with Crippen molar-refractivity contribution < 1.29 is 0 Å². The highest BCUT2D eigenvalue weighted by atomic mass is 32.1. The van der Waals surface area contributed by atoms with E-state index >= 15 is 0 Å². The molecule has 0 bridgehead atoms. The average molecular weight is 170 g/mol. The molecule has 0 saturated heterocycles. The van der Waals surface area contributed by atoms with Gasteiger partial charge in [-0.15, -0.1) is 11.3 Å². The van der Waals surface area contributed by atoms with Crippen LogP contribution in [0.5, 0.6) is 0 Å². The van der Waals surface area contributed by atoms with Crippen LogP contribution < -0.4 is 10.6 Å². The van der Waals surface area contributed by atoms with Gasteiger partial charge in [0.15, 0.2) is 0 Å². The molecule has 62 valence electrons. The Bertz CT molecular complexity index is 194. The van der Waals surface area contributed by atoms with Crippen molar-refractivity contribution in [1.82, 2.24) is 0 Å². The van der Waals surface area contributed by atoms with Crippen molar-refractivity contribution in [3.63, 3.8) is 0 Å². The van der Waals surface area contributed by atoms with Gasteiger partial charge >= 0.3 is 0 Å². The van der Waals surface area contributed by atoms with Crippen molar-refractivity contribution in [1.29, 1.82) is 0 Å². The number of hydrogen-bond acceptors (Lipinski definition) is 3. The summed E-state index contributed by atoms with van der Waals surface area (Å²) in [4.78, 5) is 2.18. The molecule has 3 heteroatoms. The van der Waals surface area contributed by atoms with E-state index in [4.69, 9.17) is 5.73 Å². The summed E-state index contributed by atoms with van der Waals surface area (Å²) < 4.78 is 0. The third kappa shape index (κ3) is 2.52. The normalized spacial score (nSPS) is 13.0. The summed E-state index contributed by atoms with van der Waals surface area (Å²) in [5.74, 6) is 0. The van der Waals surface area contributed by atoms with Crippen LogP contribution >= 0.6 is 11.3 Å². The molecular weight excluding hydrogens is 156 g/mol. The van der Waals surface area contributed by atoms with Gasteiger partial charge in [-0.3, -0.25) is 0 Å². The third-order valence-corrected chi connectivity index (χ3v) is 2.43. The van der Waals surface area contributed by atoms with Crippen molar-refractivity contribution in [3.8, 4) is 0 Å². The van der Waals surface area contributed by atoms with Gasteiger partial charge in [0.25, 0.3) is 0 Å². The van der Waals surface area contributed by atoms with E-state index in [0.717, 1.165) is 6.54 Å². The predicted molar refractivity (Wildman–Crippen MR) is 51.2 cm³/mol. The summed E-state index contributed by atoms with van der Waals surface area (Å²) in [6, 6.07) is 4.40. The van der Waals surface area contributed by atoms with E-state index in [1.165, 1.54) is 5.00 Å². The lowest BCUT2D eigenvalue weighted by molar-refractivity contribution is 0.721. The summed E-state index contributed by atoms with van der Waals surface area (Å²) in [6.45, 7) is 2.94. The Kier molecular flexibility index (Phi) is 2.91. The number of likely N-dealkylation sites (N-methyl/N-ethyl adjacent to an activating group) is 1. The Balaban J connectivity index is 2.49. The van der Waals surface area contributed by atoms with Crippen LogP contribution in [0.25, 0.3) is 0 Å². The second kappa shape index (κ2) is 3.74. The molecule has 0 saturated carbocycles. The van der Waals surface area contributed by atoms with E-state index in [0.29, 0.717) is 0 Å².